The molecule has 10 heavy (non-hydrogen) atoms. The van der Waals surface area contributed by atoms with Crippen molar-refractivity contribution < 1.29 is 4.92 Å². The molecule has 0 amide bonds. The van der Waals surface area contributed by atoms with E-state index in [-0.39, 0.29) is 11.8 Å². The van der Waals surface area contributed by atoms with E-state index in [0.717, 1.165) is 0 Å². The summed E-state index contributed by atoms with van der Waals surface area (Å²) in [4.78, 5) is 9.45. The predicted octanol–water partition coefficient (Wildman–Crippen LogP) is 0.988. The van der Waals surface area contributed by atoms with Gasteiger partial charge in [0.15, 0.2) is 0 Å². The van der Waals surface area contributed by atoms with Gasteiger partial charge in [-0.15, -0.1) is 0 Å². The first-order chi connectivity index (χ1) is 4.74. The van der Waals surface area contributed by atoms with Gasteiger partial charge in [-0.25, -0.2) is 0 Å². The maximum absolute atomic E-state index is 10.0. The molecule has 0 fully saturated rings. The fraction of sp³-hybridized carbons (Fsp3) is 0.250. The van der Waals surface area contributed by atoms with Gasteiger partial charge in [-0.1, -0.05) is 11.6 Å². The van der Waals surface area contributed by atoms with Crippen LogP contribution in [0.4, 0.5) is 5.82 Å². The highest BCUT2D eigenvalue weighted by Crippen LogP contribution is 2.04. The third-order valence-corrected chi connectivity index (χ3v) is 1.18. The summed E-state index contributed by atoms with van der Waals surface area (Å²) in [5.41, 5.74) is 0. The molecule has 0 saturated carbocycles. The van der Waals surface area contributed by atoms with Crippen LogP contribution in [-0.4, -0.2) is 14.7 Å². The second-order valence-electron chi connectivity index (χ2n) is 1.59. The van der Waals surface area contributed by atoms with Gasteiger partial charge < -0.3 is 10.1 Å². The van der Waals surface area contributed by atoms with Gasteiger partial charge in [0.25, 0.3) is 0 Å². The lowest BCUT2D eigenvalue weighted by Gasteiger charge is -1.83. The SMILES string of the molecule is O=[N+]([O-])c1ccn(CCl)n1. The molecule has 1 aromatic rings. The van der Waals surface area contributed by atoms with E-state index in [1.54, 1.807) is 0 Å². The van der Waals surface area contributed by atoms with E-state index in [9.17, 15) is 10.1 Å². The molecule has 0 unspecified atom stereocenters. The maximum Gasteiger partial charge on any atom is 0.389 e. The molecule has 0 atom stereocenters. The van der Waals surface area contributed by atoms with Crippen molar-refractivity contribution in [3.63, 3.8) is 0 Å². The van der Waals surface area contributed by atoms with Gasteiger partial charge in [0.05, 0.1) is 17.4 Å². The van der Waals surface area contributed by atoms with Gasteiger partial charge in [-0.2, -0.15) is 4.68 Å². The van der Waals surface area contributed by atoms with Crippen LogP contribution in [0.25, 0.3) is 0 Å². The van der Waals surface area contributed by atoms with Gasteiger partial charge in [0.1, 0.15) is 6.00 Å². The van der Waals surface area contributed by atoms with Crippen LogP contribution in [0, 0.1) is 10.1 Å². The summed E-state index contributed by atoms with van der Waals surface area (Å²) in [5.74, 6) is -0.180. The monoisotopic (exact) mass is 161 g/mol. The second-order valence-corrected chi connectivity index (χ2v) is 1.83. The van der Waals surface area contributed by atoms with Crippen molar-refractivity contribution in [1.82, 2.24) is 9.78 Å². The van der Waals surface area contributed by atoms with Crippen molar-refractivity contribution in [1.29, 1.82) is 0 Å². The van der Waals surface area contributed by atoms with E-state index in [2.05, 4.69) is 5.10 Å². The number of rotatable bonds is 2. The zero-order valence-corrected chi connectivity index (χ0v) is 5.65. The van der Waals surface area contributed by atoms with E-state index in [4.69, 9.17) is 11.6 Å². The van der Waals surface area contributed by atoms with Crippen molar-refractivity contribution >= 4 is 17.4 Å². The highest BCUT2D eigenvalue weighted by molar-refractivity contribution is 6.15. The Kier molecular flexibility index (Phi) is 1.86. The molecule has 1 rings (SSSR count). The molecule has 6 heteroatoms. The standard InChI is InChI=1S/C4H4ClN3O2/c5-3-7-2-1-4(6-7)8(9)10/h1-2H,3H2. The van der Waals surface area contributed by atoms with Gasteiger partial charge in [0.2, 0.25) is 0 Å². The Hall–Kier alpha value is -1.10. The third kappa shape index (κ3) is 1.24. The highest BCUT2D eigenvalue weighted by atomic mass is 35.5. The molecule has 1 aromatic heterocycles. The topological polar surface area (TPSA) is 61.0 Å². The normalized spacial score (nSPS) is 9.70. The molecule has 54 valence electrons. The van der Waals surface area contributed by atoms with Gasteiger partial charge in [-0.3, -0.25) is 0 Å². The van der Waals surface area contributed by atoms with Crippen molar-refractivity contribution in [3.8, 4) is 0 Å². The molecule has 0 aromatic carbocycles. The molecule has 0 saturated heterocycles. The largest absolute Gasteiger partial charge is 0.389 e. The van der Waals surface area contributed by atoms with Crippen LogP contribution in [0.3, 0.4) is 0 Å². The van der Waals surface area contributed by atoms with Crippen LogP contribution >= 0.6 is 11.6 Å². The predicted molar refractivity (Wildman–Crippen MR) is 34.7 cm³/mol. The van der Waals surface area contributed by atoms with Crippen LogP contribution in [0.5, 0.6) is 0 Å². The fourth-order valence-electron chi connectivity index (χ4n) is 0.515. The maximum atomic E-state index is 10.0. The lowest BCUT2D eigenvalue weighted by molar-refractivity contribution is -0.389. The van der Waals surface area contributed by atoms with E-state index >= 15 is 0 Å². The van der Waals surface area contributed by atoms with E-state index in [0.29, 0.717) is 0 Å². The number of hydrogen-bond acceptors (Lipinski definition) is 3. The van der Waals surface area contributed by atoms with Crippen molar-refractivity contribution in [2.75, 3.05) is 0 Å². The van der Waals surface area contributed by atoms with Crippen LogP contribution < -0.4 is 0 Å². The van der Waals surface area contributed by atoms with Gasteiger partial charge in [-0.05, 0) is 4.92 Å². The van der Waals surface area contributed by atoms with Gasteiger partial charge >= 0.3 is 5.82 Å². The first-order valence-corrected chi connectivity index (χ1v) is 3.01. The Morgan fingerprint density at radius 3 is 2.90 bits per heavy atom. The smallest absolute Gasteiger partial charge is 0.358 e. The number of nitro groups is 1. The zero-order chi connectivity index (χ0) is 7.56. The highest BCUT2D eigenvalue weighted by Gasteiger charge is 2.08. The summed E-state index contributed by atoms with van der Waals surface area (Å²) < 4.78 is 1.28. The summed E-state index contributed by atoms with van der Waals surface area (Å²) in [7, 11) is 0. The number of halogens is 1. The summed E-state index contributed by atoms with van der Waals surface area (Å²) in [5, 5.41) is 13.5. The minimum Gasteiger partial charge on any atom is -0.358 e. The molecular weight excluding hydrogens is 158 g/mol. The number of hydrogen-bond donors (Lipinski definition) is 0. The molecule has 0 radical (unpaired) electrons. The summed E-state index contributed by atoms with van der Waals surface area (Å²) in [6, 6.07) is 1.43. The molecule has 5 nitrogen and oxygen atoms in total. The number of alkyl halides is 1. The molecule has 0 aliphatic carbocycles. The van der Waals surface area contributed by atoms with Crippen LogP contribution in [-0.2, 0) is 6.00 Å². The molecule has 0 aliphatic rings. The minimum atomic E-state index is -0.566. The Morgan fingerprint density at radius 2 is 2.60 bits per heavy atom. The molecule has 0 N–H and O–H groups in total. The molecule has 1 heterocycles. The number of aromatic nitrogens is 2. The van der Waals surface area contributed by atoms with Crippen LogP contribution in [0.1, 0.15) is 0 Å². The van der Waals surface area contributed by atoms with Crippen LogP contribution in [0.15, 0.2) is 12.3 Å². The molecule has 0 aliphatic heterocycles. The molecular formula is C4H4ClN3O2. The Balaban J connectivity index is 2.88. The first-order valence-electron chi connectivity index (χ1n) is 2.48. The van der Waals surface area contributed by atoms with Gasteiger partial charge in [0, 0.05) is 0 Å². The average molecular weight is 162 g/mol. The van der Waals surface area contributed by atoms with E-state index < -0.39 is 4.92 Å². The summed E-state index contributed by atoms with van der Waals surface area (Å²) in [6.45, 7) is 0. The fourth-order valence-corrected chi connectivity index (χ4v) is 0.648. The summed E-state index contributed by atoms with van der Waals surface area (Å²) >= 11 is 5.32. The first kappa shape index (κ1) is 7.01. The third-order valence-electron chi connectivity index (χ3n) is 0.936. The Labute approximate surface area is 61.4 Å². The second kappa shape index (κ2) is 2.66. The average Bonchev–Trinajstić information content (AvgIpc) is 2.34. The molecule has 0 bridgehead atoms. The number of nitrogens with zero attached hydrogens (tertiary/aromatic N) is 3. The zero-order valence-electron chi connectivity index (χ0n) is 4.90. The van der Waals surface area contributed by atoms with Crippen molar-refractivity contribution in [2.45, 2.75) is 6.00 Å². The lowest BCUT2D eigenvalue weighted by atomic mass is 10.7. The van der Waals surface area contributed by atoms with Crippen molar-refractivity contribution in [3.05, 3.63) is 22.4 Å². The summed E-state index contributed by atoms with van der Waals surface area (Å²) in [6.07, 6.45) is 1.45. The Bertz CT molecular complexity index is 246. The van der Waals surface area contributed by atoms with Crippen LogP contribution in [0.2, 0.25) is 0 Å². The Morgan fingerprint density at radius 1 is 1.90 bits per heavy atom. The lowest BCUT2D eigenvalue weighted by Crippen LogP contribution is -1.94. The minimum absolute atomic E-state index is 0.133. The molecule has 0 spiro atoms. The van der Waals surface area contributed by atoms with Crippen molar-refractivity contribution in [2.24, 2.45) is 0 Å². The quantitative estimate of drug-likeness (QED) is 0.369. The van der Waals surface area contributed by atoms with E-state index in [1.807, 2.05) is 0 Å². The van der Waals surface area contributed by atoms with E-state index in [1.165, 1.54) is 16.9 Å².